The maximum absolute atomic E-state index is 13.1. The third-order valence-corrected chi connectivity index (χ3v) is 6.35. The van der Waals surface area contributed by atoms with E-state index in [1.807, 2.05) is 18.2 Å². The molecule has 0 amide bonds. The molecule has 3 N–H and O–H groups in total. The summed E-state index contributed by atoms with van der Waals surface area (Å²) in [4.78, 5) is -1.94. The van der Waals surface area contributed by atoms with Crippen LogP contribution in [0.5, 0.6) is 0 Å². The van der Waals surface area contributed by atoms with Gasteiger partial charge in [0.05, 0.1) is 10.6 Å². The van der Waals surface area contributed by atoms with Crippen molar-refractivity contribution in [2.75, 3.05) is 5.32 Å². The Morgan fingerprint density at radius 2 is 1.68 bits per heavy atom. The minimum atomic E-state index is -5.81. The van der Waals surface area contributed by atoms with Crippen LogP contribution in [-0.2, 0) is 26.3 Å². The number of primary sulfonamides is 1. The summed E-state index contributed by atoms with van der Waals surface area (Å²) in [5.74, 6) is 0. The van der Waals surface area contributed by atoms with Crippen LogP contribution in [0.2, 0.25) is 0 Å². The topological polar surface area (TPSA) is 106 Å². The van der Waals surface area contributed by atoms with Crippen LogP contribution >= 0.6 is 0 Å². The average Bonchev–Trinajstić information content (AvgIpc) is 2.60. The highest BCUT2D eigenvalue weighted by Gasteiger charge is 2.48. The van der Waals surface area contributed by atoms with Crippen LogP contribution < -0.4 is 10.5 Å². The zero-order valence-electron chi connectivity index (χ0n) is 14.6. The molecule has 1 atom stereocenters. The molecule has 0 saturated carbocycles. The maximum atomic E-state index is 13.1. The Morgan fingerprint density at radius 1 is 1.07 bits per heavy atom. The van der Waals surface area contributed by atoms with Crippen LogP contribution in [0.1, 0.15) is 12.5 Å². The lowest BCUT2D eigenvalue weighted by molar-refractivity contribution is -0.0435. The smallest absolute Gasteiger partial charge is 0.381 e. The summed E-state index contributed by atoms with van der Waals surface area (Å²) in [5.41, 5.74) is -5.10. The van der Waals surface area contributed by atoms with Gasteiger partial charge in [0.2, 0.25) is 10.0 Å². The van der Waals surface area contributed by atoms with Crippen molar-refractivity contribution >= 4 is 25.5 Å². The second-order valence-electron chi connectivity index (χ2n) is 5.93. The van der Waals surface area contributed by atoms with Crippen molar-refractivity contribution in [1.82, 2.24) is 0 Å². The first kappa shape index (κ1) is 22.2. The van der Waals surface area contributed by atoms with Crippen LogP contribution in [0.15, 0.2) is 58.3 Å². The summed E-state index contributed by atoms with van der Waals surface area (Å²) in [6, 6.07) is 10.8. The zero-order valence-corrected chi connectivity index (χ0v) is 16.3. The lowest BCUT2D eigenvalue weighted by atomic mass is 10.0. The predicted molar refractivity (Wildman–Crippen MR) is 98.6 cm³/mol. The van der Waals surface area contributed by atoms with Crippen molar-refractivity contribution in [3.05, 3.63) is 60.5 Å². The fourth-order valence-electron chi connectivity index (χ4n) is 2.47. The van der Waals surface area contributed by atoms with Crippen LogP contribution in [0, 0.1) is 6.42 Å². The van der Waals surface area contributed by atoms with E-state index in [9.17, 15) is 30.0 Å². The molecule has 0 spiro atoms. The van der Waals surface area contributed by atoms with Crippen molar-refractivity contribution in [3.8, 4) is 0 Å². The monoisotopic (exact) mass is 435 g/mol. The molecule has 2 aromatic carbocycles. The summed E-state index contributed by atoms with van der Waals surface area (Å²) < 4.78 is 86.1. The van der Waals surface area contributed by atoms with E-state index in [4.69, 9.17) is 5.14 Å². The number of halogens is 3. The molecule has 28 heavy (non-hydrogen) atoms. The molecular weight excluding hydrogens is 417 g/mol. The van der Waals surface area contributed by atoms with Crippen molar-refractivity contribution < 1.29 is 30.0 Å². The molecule has 0 saturated heterocycles. The average molecular weight is 435 g/mol. The molecule has 1 radical (unpaired) electrons. The van der Waals surface area contributed by atoms with Gasteiger partial charge in [0.15, 0.2) is 0 Å². The van der Waals surface area contributed by atoms with Crippen molar-refractivity contribution in [3.63, 3.8) is 0 Å². The van der Waals surface area contributed by atoms with Crippen LogP contribution in [-0.4, -0.2) is 28.4 Å². The van der Waals surface area contributed by atoms with Gasteiger partial charge in [-0.25, -0.2) is 22.0 Å². The molecule has 1 unspecified atom stereocenters. The van der Waals surface area contributed by atoms with E-state index in [0.717, 1.165) is 17.7 Å². The molecule has 2 rings (SSSR count). The Morgan fingerprint density at radius 3 is 2.18 bits per heavy atom. The molecule has 6 nitrogen and oxygen atoms in total. The number of hydrogen-bond acceptors (Lipinski definition) is 5. The highest BCUT2D eigenvalue weighted by atomic mass is 32.2. The minimum absolute atomic E-state index is 0.372. The predicted octanol–water partition coefficient (Wildman–Crippen LogP) is 2.87. The lowest BCUT2D eigenvalue weighted by Gasteiger charge is -2.21. The van der Waals surface area contributed by atoms with Gasteiger partial charge < -0.3 is 5.32 Å². The molecular formula is C17H18F3N2O4S2. The summed E-state index contributed by atoms with van der Waals surface area (Å²) in [5, 5.41) is 7.66. The van der Waals surface area contributed by atoms with Crippen molar-refractivity contribution in [1.29, 1.82) is 0 Å². The first-order valence-electron chi connectivity index (χ1n) is 7.94. The van der Waals surface area contributed by atoms with E-state index in [-0.39, 0.29) is 5.69 Å². The molecule has 0 aliphatic heterocycles. The minimum Gasteiger partial charge on any atom is -0.381 e. The molecule has 0 bridgehead atoms. The number of nitrogens with one attached hydrogen (secondary N) is 1. The van der Waals surface area contributed by atoms with Gasteiger partial charge in [0, 0.05) is 6.04 Å². The Bertz CT molecular complexity index is 1040. The third kappa shape index (κ3) is 5.03. The van der Waals surface area contributed by atoms with Gasteiger partial charge in [0.25, 0.3) is 9.84 Å². The number of hydrogen-bond donors (Lipinski definition) is 2. The van der Waals surface area contributed by atoms with E-state index in [2.05, 4.69) is 5.32 Å². The highest BCUT2D eigenvalue weighted by Crippen LogP contribution is 2.36. The largest absolute Gasteiger partial charge is 0.501 e. The van der Waals surface area contributed by atoms with Crippen molar-refractivity contribution in [2.45, 2.75) is 34.7 Å². The van der Waals surface area contributed by atoms with Gasteiger partial charge in [-0.15, -0.1) is 0 Å². The summed E-state index contributed by atoms with van der Waals surface area (Å²) in [6.45, 7) is 1.66. The zero-order chi connectivity index (χ0) is 21.2. The van der Waals surface area contributed by atoms with Crippen LogP contribution in [0.4, 0.5) is 18.9 Å². The van der Waals surface area contributed by atoms with Gasteiger partial charge in [-0.3, -0.25) is 0 Å². The highest BCUT2D eigenvalue weighted by molar-refractivity contribution is 7.92. The summed E-state index contributed by atoms with van der Waals surface area (Å²) in [6.07, 6.45) is 2.03. The Labute approximate surface area is 161 Å². The number of benzene rings is 2. The normalized spacial score (nSPS) is 13.9. The maximum Gasteiger partial charge on any atom is 0.501 e. The van der Waals surface area contributed by atoms with E-state index >= 15 is 0 Å². The number of sulfonamides is 1. The molecule has 0 aliphatic rings. The number of alkyl halides is 3. The molecule has 0 heterocycles. The van der Waals surface area contributed by atoms with Gasteiger partial charge in [0.1, 0.15) is 4.90 Å². The summed E-state index contributed by atoms with van der Waals surface area (Å²) in [7, 11) is -10.2. The number of sulfone groups is 1. The second-order valence-corrected chi connectivity index (χ2v) is 9.40. The first-order valence-corrected chi connectivity index (χ1v) is 11.0. The Kier molecular flexibility index (Phi) is 6.41. The van der Waals surface area contributed by atoms with Gasteiger partial charge in [-0.05, 0) is 36.6 Å². The van der Waals surface area contributed by atoms with Crippen LogP contribution in [0.25, 0.3) is 0 Å². The van der Waals surface area contributed by atoms with Crippen molar-refractivity contribution in [2.24, 2.45) is 5.14 Å². The standard InChI is InChI=1S/C17H18F3N2O4S2/c1-2-13(10-12-6-4-3-5-7-12)22-15-9-8-14(28(21,25)26)11-16(15)27(23,24)17(18,19)20/h2-9,11,13,22H,10H2,1H3,(H2,21,25,26). The van der Waals surface area contributed by atoms with E-state index < -0.39 is 41.2 Å². The second kappa shape index (κ2) is 8.10. The molecule has 0 aliphatic carbocycles. The molecule has 0 fully saturated rings. The fraction of sp³-hybridized carbons (Fsp3) is 0.235. The van der Waals surface area contributed by atoms with Crippen LogP contribution in [0.3, 0.4) is 0 Å². The quantitative estimate of drug-likeness (QED) is 0.696. The van der Waals surface area contributed by atoms with E-state index in [1.54, 1.807) is 25.5 Å². The summed E-state index contributed by atoms with van der Waals surface area (Å²) >= 11 is 0. The molecule has 153 valence electrons. The third-order valence-electron chi connectivity index (χ3n) is 3.92. The lowest BCUT2D eigenvalue weighted by Crippen LogP contribution is -2.28. The number of rotatable bonds is 7. The van der Waals surface area contributed by atoms with Gasteiger partial charge in [-0.1, -0.05) is 37.3 Å². The van der Waals surface area contributed by atoms with E-state index in [0.29, 0.717) is 12.5 Å². The Balaban J connectivity index is 2.50. The van der Waals surface area contributed by atoms with E-state index in [1.165, 1.54) is 0 Å². The number of nitrogens with two attached hydrogens (primary N) is 1. The molecule has 11 heteroatoms. The van der Waals surface area contributed by atoms with Gasteiger partial charge >= 0.3 is 5.51 Å². The fourth-order valence-corrected chi connectivity index (χ4v) is 4.03. The van der Waals surface area contributed by atoms with Gasteiger partial charge in [-0.2, -0.15) is 13.2 Å². The SMILES string of the molecule is C[CH]C(Cc1ccccc1)Nc1ccc(S(N)(=O)=O)cc1S(=O)(=O)C(F)(F)F. The molecule has 0 aromatic heterocycles. The number of anilines is 1. The first-order chi connectivity index (χ1) is 12.9. The molecule has 2 aromatic rings. The Hall–Kier alpha value is -2.11.